The van der Waals surface area contributed by atoms with Crippen LogP contribution in [0.3, 0.4) is 0 Å². The maximum Gasteiger partial charge on any atom is 0.332 e. The first-order valence-corrected chi connectivity index (χ1v) is 6.82. The Morgan fingerprint density at radius 1 is 1.29 bits per heavy atom. The fourth-order valence-electron chi connectivity index (χ4n) is 1.12. The SMILES string of the molecule is CC(C)(C)OC(=O)C1(C)SCCCS1. The first-order valence-electron chi connectivity index (χ1n) is 4.85. The fraction of sp³-hybridized carbons (Fsp3) is 0.900. The normalized spacial score (nSPS) is 21.7. The third-order valence-corrected chi connectivity index (χ3v) is 4.94. The van der Waals surface area contributed by atoms with Gasteiger partial charge in [-0.1, -0.05) is 0 Å². The van der Waals surface area contributed by atoms with Gasteiger partial charge in [0, 0.05) is 0 Å². The van der Waals surface area contributed by atoms with Gasteiger partial charge in [-0.2, -0.15) is 0 Å². The van der Waals surface area contributed by atoms with Gasteiger partial charge >= 0.3 is 5.97 Å². The van der Waals surface area contributed by atoms with E-state index in [4.69, 9.17) is 4.74 Å². The summed E-state index contributed by atoms with van der Waals surface area (Å²) in [6.07, 6.45) is 1.19. The molecule has 14 heavy (non-hydrogen) atoms. The number of hydrogen-bond donors (Lipinski definition) is 0. The lowest BCUT2D eigenvalue weighted by atomic mass is 10.2. The van der Waals surface area contributed by atoms with Gasteiger partial charge in [0.25, 0.3) is 0 Å². The summed E-state index contributed by atoms with van der Waals surface area (Å²) in [5.74, 6) is 2.03. The van der Waals surface area contributed by atoms with Crippen molar-refractivity contribution in [3.05, 3.63) is 0 Å². The predicted octanol–water partition coefficient (Wildman–Crippen LogP) is 2.91. The van der Waals surface area contributed by atoms with Crippen molar-refractivity contribution in [1.82, 2.24) is 0 Å². The molecule has 0 aromatic carbocycles. The first kappa shape index (κ1) is 12.2. The zero-order valence-corrected chi connectivity index (χ0v) is 10.9. The molecule has 82 valence electrons. The average molecular weight is 234 g/mol. The van der Waals surface area contributed by atoms with Gasteiger partial charge in [0.2, 0.25) is 0 Å². The number of thioether (sulfide) groups is 2. The van der Waals surface area contributed by atoms with E-state index in [2.05, 4.69) is 0 Å². The molecule has 1 aliphatic heterocycles. The summed E-state index contributed by atoms with van der Waals surface area (Å²) in [5.41, 5.74) is -0.376. The molecule has 0 radical (unpaired) electrons. The van der Waals surface area contributed by atoms with E-state index in [1.54, 1.807) is 23.5 Å². The highest BCUT2D eigenvalue weighted by Gasteiger charge is 2.39. The lowest BCUT2D eigenvalue weighted by Gasteiger charge is -2.32. The molecule has 0 atom stereocenters. The molecule has 0 aromatic heterocycles. The number of esters is 1. The number of ether oxygens (including phenoxy) is 1. The van der Waals surface area contributed by atoms with E-state index in [1.807, 2.05) is 27.7 Å². The molecular formula is C10H18O2S2. The van der Waals surface area contributed by atoms with Gasteiger partial charge in [0.15, 0.2) is 4.08 Å². The fourth-order valence-corrected chi connectivity index (χ4v) is 3.81. The van der Waals surface area contributed by atoms with Crippen molar-refractivity contribution in [2.45, 2.75) is 43.8 Å². The van der Waals surface area contributed by atoms with Crippen LogP contribution < -0.4 is 0 Å². The number of carbonyl (C=O) groups excluding carboxylic acids is 1. The van der Waals surface area contributed by atoms with E-state index >= 15 is 0 Å². The average Bonchev–Trinajstić information content (AvgIpc) is 2.02. The minimum absolute atomic E-state index is 0.0836. The maximum absolute atomic E-state index is 11.9. The molecule has 0 unspecified atom stereocenters. The Bertz CT molecular complexity index is 215. The molecule has 1 heterocycles. The lowest BCUT2D eigenvalue weighted by molar-refractivity contribution is -0.154. The van der Waals surface area contributed by atoms with E-state index in [-0.39, 0.29) is 15.6 Å². The van der Waals surface area contributed by atoms with E-state index < -0.39 is 0 Å². The molecule has 1 aliphatic rings. The van der Waals surface area contributed by atoms with Crippen molar-refractivity contribution in [1.29, 1.82) is 0 Å². The van der Waals surface area contributed by atoms with Crippen molar-refractivity contribution in [3.63, 3.8) is 0 Å². The second-order valence-corrected chi connectivity index (χ2v) is 7.78. The summed E-state index contributed by atoms with van der Waals surface area (Å²) in [7, 11) is 0. The van der Waals surface area contributed by atoms with Gasteiger partial charge in [-0.15, -0.1) is 23.5 Å². The smallest absolute Gasteiger partial charge is 0.332 e. The lowest BCUT2D eigenvalue weighted by Crippen LogP contribution is -2.38. The topological polar surface area (TPSA) is 26.3 Å². The summed E-state index contributed by atoms with van der Waals surface area (Å²) < 4.78 is 5.02. The predicted molar refractivity (Wildman–Crippen MR) is 63.8 cm³/mol. The molecule has 0 saturated carbocycles. The zero-order valence-electron chi connectivity index (χ0n) is 9.25. The molecule has 1 fully saturated rings. The van der Waals surface area contributed by atoms with Crippen LogP contribution in [-0.2, 0) is 9.53 Å². The summed E-state index contributed by atoms with van der Waals surface area (Å²) in [4.78, 5) is 11.9. The van der Waals surface area contributed by atoms with Crippen molar-refractivity contribution in [2.24, 2.45) is 0 Å². The van der Waals surface area contributed by atoms with Crippen LogP contribution in [0.15, 0.2) is 0 Å². The molecule has 0 aliphatic carbocycles. The molecule has 4 heteroatoms. The Balaban J connectivity index is 2.58. The highest BCUT2D eigenvalue weighted by Crippen LogP contribution is 2.43. The standard InChI is InChI=1S/C10H18O2S2/c1-9(2,3)12-8(11)10(4)13-6-5-7-14-10/h5-7H2,1-4H3. The van der Waals surface area contributed by atoms with Gasteiger partial charge in [-0.25, -0.2) is 4.79 Å². The van der Waals surface area contributed by atoms with E-state index in [9.17, 15) is 4.79 Å². The van der Waals surface area contributed by atoms with Crippen LogP contribution >= 0.6 is 23.5 Å². The largest absolute Gasteiger partial charge is 0.458 e. The van der Waals surface area contributed by atoms with E-state index in [0.717, 1.165) is 11.5 Å². The molecule has 0 bridgehead atoms. The van der Waals surface area contributed by atoms with Gasteiger partial charge in [0.1, 0.15) is 5.60 Å². The Kier molecular flexibility index (Phi) is 3.81. The van der Waals surface area contributed by atoms with Crippen molar-refractivity contribution < 1.29 is 9.53 Å². The van der Waals surface area contributed by atoms with Crippen LogP contribution in [0.1, 0.15) is 34.1 Å². The Hall–Kier alpha value is 0.170. The van der Waals surface area contributed by atoms with Crippen LogP contribution in [0, 0.1) is 0 Å². The second-order valence-electron chi connectivity index (χ2n) is 4.50. The molecule has 1 saturated heterocycles. The molecule has 0 spiro atoms. The molecule has 0 amide bonds. The summed E-state index contributed by atoms with van der Waals surface area (Å²) in [5, 5.41) is 0. The summed E-state index contributed by atoms with van der Waals surface area (Å²) in [6, 6.07) is 0. The van der Waals surface area contributed by atoms with Crippen LogP contribution in [-0.4, -0.2) is 27.2 Å². The van der Waals surface area contributed by atoms with Gasteiger partial charge in [-0.05, 0) is 45.6 Å². The zero-order chi connectivity index (χ0) is 10.8. The van der Waals surface area contributed by atoms with Crippen LogP contribution in [0.5, 0.6) is 0 Å². The molecule has 0 aromatic rings. The summed E-state index contributed by atoms with van der Waals surface area (Å²) >= 11 is 3.41. The number of rotatable bonds is 1. The number of hydrogen-bond acceptors (Lipinski definition) is 4. The minimum atomic E-state index is -0.383. The molecule has 0 N–H and O–H groups in total. The second kappa shape index (κ2) is 4.35. The third-order valence-electron chi connectivity index (χ3n) is 1.81. The summed E-state index contributed by atoms with van der Waals surface area (Å²) in [6.45, 7) is 7.70. The quantitative estimate of drug-likeness (QED) is 0.652. The van der Waals surface area contributed by atoms with Gasteiger partial charge in [0.05, 0.1) is 0 Å². The van der Waals surface area contributed by atoms with Crippen LogP contribution in [0.2, 0.25) is 0 Å². The van der Waals surface area contributed by atoms with Crippen LogP contribution in [0.25, 0.3) is 0 Å². The van der Waals surface area contributed by atoms with Gasteiger partial charge in [-0.3, -0.25) is 0 Å². The van der Waals surface area contributed by atoms with Gasteiger partial charge < -0.3 is 4.74 Å². The Morgan fingerprint density at radius 3 is 2.21 bits per heavy atom. The minimum Gasteiger partial charge on any atom is -0.458 e. The Labute approximate surface area is 94.5 Å². The molecular weight excluding hydrogens is 216 g/mol. The maximum atomic E-state index is 11.9. The van der Waals surface area contributed by atoms with Crippen molar-refractivity contribution >= 4 is 29.5 Å². The third kappa shape index (κ3) is 3.39. The molecule has 1 rings (SSSR count). The van der Waals surface area contributed by atoms with E-state index in [1.165, 1.54) is 6.42 Å². The van der Waals surface area contributed by atoms with E-state index in [0.29, 0.717) is 0 Å². The molecule has 2 nitrogen and oxygen atoms in total. The van der Waals surface area contributed by atoms with Crippen molar-refractivity contribution in [3.8, 4) is 0 Å². The number of carbonyl (C=O) groups is 1. The highest BCUT2D eigenvalue weighted by atomic mass is 32.2. The first-order chi connectivity index (χ1) is 6.33. The van der Waals surface area contributed by atoms with Crippen LogP contribution in [0.4, 0.5) is 0 Å². The highest BCUT2D eigenvalue weighted by molar-refractivity contribution is 8.19. The van der Waals surface area contributed by atoms with Crippen molar-refractivity contribution in [2.75, 3.05) is 11.5 Å². The monoisotopic (exact) mass is 234 g/mol. The Morgan fingerprint density at radius 2 is 1.79 bits per heavy atom.